The normalized spacial score (nSPS) is 10.7. The lowest BCUT2D eigenvalue weighted by molar-refractivity contribution is 0.102. The zero-order valence-electron chi connectivity index (χ0n) is 13.1. The molecule has 0 unspecified atom stereocenters. The third-order valence-corrected chi connectivity index (χ3v) is 4.20. The van der Waals surface area contributed by atoms with Gasteiger partial charge in [-0.25, -0.2) is 0 Å². The number of anilines is 1. The maximum Gasteiger partial charge on any atom is 0.261 e. The van der Waals surface area contributed by atoms with Crippen LogP contribution in [0.15, 0.2) is 47.0 Å². The van der Waals surface area contributed by atoms with Crippen molar-refractivity contribution in [3.63, 3.8) is 0 Å². The number of benzene rings is 2. The van der Waals surface area contributed by atoms with Gasteiger partial charge in [0.2, 0.25) is 0 Å². The molecule has 0 radical (unpaired) electrons. The molecule has 0 fully saturated rings. The topological polar surface area (TPSA) is 55.1 Å². The molecule has 0 bridgehead atoms. The third kappa shape index (κ3) is 3.16. The Hall–Kier alpha value is -2.30. The molecule has 122 valence electrons. The summed E-state index contributed by atoms with van der Waals surface area (Å²) in [6, 6.07) is 12.6. The van der Waals surface area contributed by atoms with Gasteiger partial charge in [-0.3, -0.25) is 4.79 Å². The first-order chi connectivity index (χ1) is 11.5. The van der Waals surface area contributed by atoms with Gasteiger partial charge in [0.05, 0.1) is 10.0 Å². The minimum atomic E-state index is -0.328. The van der Waals surface area contributed by atoms with E-state index in [0.717, 1.165) is 5.56 Å². The zero-order valence-corrected chi connectivity index (χ0v) is 14.6. The Labute approximate surface area is 149 Å². The van der Waals surface area contributed by atoms with E-state index in [-0.39, 0.29) is 5.91 Å². The molecule has 3 rings (SSSR count). The predicted molar refractivity (Wildman–Crippen MR) is 95.8 cm³/mol. The molecule has 3 aromatic rings. The molecule has 1 amide bonds. The van der Waals surface area contributed by atoms with Gasteiger partial charge in [0.1, 0.15) is 17.0 Å². The highest BCUT2D eigenvalue weighted by Crippen LogP contribution is 2.36. The SMILES string of the molecule is Cc1cccc(NC(=O)c2c(-c3c(Cl)cccc3Cl)noc2C)c1. The molecule has 0 saturated heterocycles. The Morgan fingerprint density at radius 2 is 1.75 bits per heavy atom. The number of carbonyl (C=O) groups excluding carboxylic acids is 1. The number of nitrogens with one attached hydrogen (secondary N) is 1. The molecule has 0 spiro atoms. The van der Waals surface area contributed by atoms with E-state index in [4.69, 9.17) is 27.7 Å². The minimum absolute atomic E-state index is 0.312. The Balaban J connectivity index is 2.03. The molecular formula is C18H14Cl2N2O2. The van der Waals surface area contributed by atoms with Gasteiger partial charge < -0.3 is 9.84 Å². The van der Waals surface area contributed by atoms with Crippen molar-refractivity contribution in [1.82, 2.24) is 5.16 Å². The Kier molecular flexibility index (Phi) is 4.60. The van der Waals surface area contributed by atoms with Gasteiger partial charge in [-0.1, -0.05) is 46.6 Å². The van der Waals surface area contributed by atoms with Crippen LogP contribution in [-0.2, 0) is 0 Å². The second kappa shape index (κ2) is 6.67. The molecule has 0 aliphatic rings. The van der Waals surface area contributed by atoms with Crippen molar-refractivity contribution in [2.45, 2.75) is 13.8 Å². The van der Waals surface area contributed by atoms with Crippen LogP contribution in [0.1, 0.15) is 21.7 Å². The maximum absolute atomic E-state index is 12.7. The quantitative estimate of drug-likeness (QED) is 0.669. The number of rotatable bonds is 3. The number of carbonyl (C=O) groups is 1. The molecule has 6 heteroatoms. The van der Waals surface area contributed by atoms with E-state index >= 15 is 0 Å². The number of nitrogens with zero attached hydrogens (tertiary/aromatic N) is 1. The maximum atomic E-state index is 12.7. The van der Waals surface area contributed by atoms with Crippen LogP contribution in [0.3, 0.4) is 0 Å². The number of amides is 1. The van der Waals surface area contributed by atoms with Gasteiger partial charge in [0.25, 0.3) is 5.91 Å². The van der Waals surface area contributed by atoms with Crippen molar-refractivity contribution in [3.05, 3.63) is 69.4 Å². The lowest BCUT2D eigenvalue weighted by atomic mass is 10.1. The average Bonchev–Trinajstić information content (AvgIpc) is 2.89. The van der Waals surface area contributed by atoms with E-state index in [9.17, 15) is 4.79 Å². The summed E-state index contributed by atoms with van der Waals surface area (Å²) >= 11 is 12.5. The molecule has 0 aliphatic heterocycles. The van der Waals surface area contributed by atoms with E-state index in [2.05, 4.69) is 10.5 Å². The minimum Gasteiger partial charge on any atom is -0.360 e. The summed E-state index contributed by atoms with van der Waals surface area (Å²) in [4.78, 5) is 12.7. The van der Waals surface area contributed by atoms with Gasteiger partial charge in [-0.15, -0.1) is 0 Å². The highest BCUT2D eigenvalue weighted by Gasteiger charge is 2.24. The fourth-order valence-corrected chi connectivity index (χ4v) is 3.03. The van der Waals surface area contributed by atoms with Crippen LogP contribution in [0.4, 0.5) is 5.69 Å². The molecule has 4 nitrogen and oxygen atoms in total. The predicted octanol–water partition coefficient (Wildman–Crippen LogP) is 5.52. The molecule has 0 saturated carbocycles. The summed E-state index contributed by atoms with van der Waals surface area (Å²) in [5.74, 6) is 0.0662. The second-order valence-electron chi connectivity index (χ2n) is 5.38. The monoisotopic (exact) mass is 360 g/mol. The molecule has 0 aliphatic carbocycles. The second-order valence-corrected chi connectivity index (χ2v) is 6.20. The number of hydrogen-bond acceptors (Lipinski definition) is 3. The van der Waals surface area contributed by atoms with Gasteiger partial charge in [0.15, 0.2) is 0 Å². The Bertz CT molecular complexity index is 899. The molecule has 1 N–H and O–H groups in total. The standard InChI is InChI=1S/C18H14Cl2N2O2/c1-10-5-3-6-12(9-10)21-18(23)15-11(2)24-22-17(15)16-13(19)7-4-8-14(16)20/h3-9H,1-2H3,(H,21,23). The largest absolute Gasteiger partial charge is 0.360 e. The first kappa shape index (κ1) is 16.6. The van der Waals surface area contributed by atoms with Gasteiger partial charge in [-0.2, -0.15) is 0 Å². The summed E-state index contributed by atoms with van der Waals surface area (Å²) in [7, 11) is 0. The third-order valence-electron chi connectivity index (χ3n) is 3.57. The smallest absolute Gasteiger partial charge is 0.261 e. The van der Waals surface area contributed by atoms with Gasteiger partial charge in [-0.05, 0) is 43.7 Å². The summed E-state index contributed by atoms with van der Waals surface area (Å²) in [5.41, 5.74) is 2.85. The lowest BCUT2D eigenvalue weighted by Crippen LogP contribution is -2.13. The van der Waals surface area contributed by atoms with Crippen LogP contribution >= 0.6 is 23.2 Å². The van der Waals surface area contributed by atoms with Crippen LogP contribution < -0.4 is 5.32 Å². The highest BCUT2D eigenvalue weighted by atomic mass is 35.5. The van der Waals surface area contributed by atoms with Crippen molar-refractivity contribution < 1.29 is 9.32 Å². The van der Waals surface area contributed by atoms with Crippen LogP contribution in [0, 0.1) is 13.8 Å². The van der Waals surface area contributed by atoms with Gasteiger partial charge in [0, 0.05) is 11.3 Å². The molecule has 24 heavy (non-hydrogen) atoms. The van der Waals surface area contributed by atoms with E-state index in [1.165, 1.54) is 0 Å². The molecule has 1 aromatic heterocycles. The molecule has 2 aromatic carbocycles. The first-order valence-electron chi connectivity index (χ1n) is 7.26. The van der Waals surface area contributed by atoms with Crippen LogP contribution in [0.2, 0.25) is 10.0 Å². The summed E-state index contributed by atoms with van der Waals surface area (Å²) in [6.45, 7) is 3.63. The van der Waals surface area contributed by atoms with Crippen molar-refractivity contribution in [1.29, 1.82) is 0 Å². The zero-order chi connectivity index (χ0) is 17.3. The summed E-state index contributed by atoms with van der Waals surface area (Å²) in [5, 5.41) is 7.64. The molecule has 0 atom stereocenters. The van der Waals surface area contributed by atoms with E-state index in [0.29, 0.717) is 38.3 Å². The van der Waals surface area contributed by atoms with Crippen molar-refractivity contribution in [2.75, 3.05) is 5.32 Å². The number of aryl methyl sites for hydroxylation is 2. The Morgan fingerprint density at radius 3 is 2.42 bits per heavy atom. The summed E-state index contributed by atoms with van der Waals surface area (Å²) in [6.07, 6.45) is 0. The van der Waals surface area contributed by atoms with E-state index in [1.54, 1.807) is 25.1 Å². The van der Waals surface area contributed by atoms with Crippen molar-refractivity contribution in [2.24, 2.45) is 0 Å². The van der Waals surface area contributed by atoms with Crippen molar-refractivity contribution in [3.8, 4) is 11.3 Å². The Morgan fingerprint density at radius 1 is 1.08 bits per heavy atom. The van der Waals surface area contributed by atoms with E-state index < -0.39 is 0 Å². The van der Waals surface area contributed by atoms with Crippen LogP contribution in [-0.4, -0.2) is 11.1 Å². The molecular weight excluding hydrogens is 347 g/mol. The fraction of sp³-hybridized carbons (Fsp3) is 0.111. The van der Waals surface area contributed by atoms with Crippen molar-refractivity contribution >= 4 is 34.8 Å². The number of aromatic nitrogens is 1. The fourth-order valence-electron chi connectivity index (χ4n) is 2.45. The van der Waals surface area contributed by atoms with E-state index in [1.807, 2.05) is 31.2 Å². The first-order valence-corrected chi connectivity index (χ1v) is 8.01. The highest BCUT2D eigenvalue weighted by molar-refractivity contribution is 6.39. The number of hydrogen-bond donors (Lipinski definition) is 1. The average molecular weight is 361 g/mol. The molecule has 1 heterocycles. The van der Waals surface area contributed by atoms with Crippen LogP contribution in [0.5, 0.6) is 0 Å². The number of halogens is 2. The lowest BCUT2D eigenvalue weighted by Gasteiger charge is -2.08. The van der Waals surface area contributed by atoms with Crippen LogP contribution in [0.25, 0.3) is 11.3 Å². The summed E-state index contributed by atoms with van der Waals surface area (Å²) < 4.78 is 5.21. The van der Waals surface area contributed by atoms with Gasteiger partial charge >= 0.3 is 0 Å².